The summed E-state index contributed by atoms with van der Waals surface area (Å²) in [7, 11) is -2.33. The number of carbonyl (C=O) groups is 1. The number of rotatable bonds is 7. The van der Waals surface area contributed by atoms with E-state index in [2.05, 4.69) is 5.32 Å². The van der Waals surface area contributed by atoms with Crippen molar-refractivity contribution in [3.05, 3.63) is 54.6 Å². The zero-order valence-electron chi connectivity index (χ0n) is 16.5. The number of nitrogens with one attached hydrogen (secondary N) is 1. The van der Waals surface area contributed by atoms with E-state index in [1.54, 1.807) is 61.7 Å². The second kappa shape index (κ2) is 8.06. The second-order valence-corrected chi connectivity index (χ2v) is 9.73. The van der Waals surface area contributed by atoms with Crippen molar-refractivity contribution < 1.29 is 17.9 Å². The molecule has 2 aromatic carbocycles. The van der Waals surface area contributed by atoms with Gasteiger partial charge >= 0.3 is 0 Å². The third-order valence-electron chi connectivity index (χ3n) is 6.06. The molecule has 7 heteroatoms. The summed E-state index contributed by atoms with van der Waals surface area (Å²) in [5.41, 5.74) is 0.428. The number of methoxy groups -OCH3 is 1. The summed E-state index contributed by atoms with van der Waals surface area (Å²) in [6.45, 7) is -0.253. The first-order chi connectivity index (χ1) is 14.0. The van der Waals surface area contributed by atoms with E-state index < -0.39 is 10.0 Å². The van der Waals surface area contributed by atoms with Crippen molar-refractivity contribution in [1.29, 1.82) is 0 Å². The van der Waals surface area contributed by atoms with E-state index in [4.69, 9.17) is 4.74 Å². The molecule has 0 radical (unpaired) electrons. The number of fused-ring (bicyclic) bond motifs is 2. The molecule has 0 aromatic heterocycles. The Morgan fingerprint density at radius 1 is 1.07 bits per heavy atom. The smallest absolute Gasteiger partial charge is 0.264 e. The van der Waals surface area contributed by atoms with Crippen LogP contribution in [0.5, 0.6) is 5.75 Å². The first-order valence-electron chi connectivity index (χ1n) is 9.98. The normalized spacial score (nSPS) is 23.0. The van der Waals surface area contributed by atoms with Crippen LogP contribution in [0, 0.1) is 11.8 Å². The Kier molecular flexibility index (Phi) is 5.50. The minimum Gasteiger partial charge on any atom is -0.497 e. The van der Waals surface area contributed by atoms with Crippen LogP contribution in [0.15, 0.2) is 59.5 Å². The van der Waals surface area contributed by atoms with Crippen LogP contribution in [0.2, 0.25) is 0 Å². The maximum atomic E-state index is 13.3. The highest BCUT2D eigenvalue weighted by atomic mass is 32.2. The van der Waals surface area contributed by atoms with Crippen molar-refractivity contribution >= 4 is 21.6 Å². The van der Waals surface area contributed by atoms with E-state index in [0.717, 1.165) is 12.8 Å². The zero-order chi connectivity index (χ0) is 20.4. The van der Waals surface area contributed by atoms with Gasteiger partial charge in [-0.1, -0.05) is 24.6 Å². The Balaban J connectivity index is 1.58. The van der Waals surface area contributed by atoms with Gasteiger partial charge in [-0.3, -0.25) is 9.10 Å². The quantitative estimate of drug-likeness (QED) is 0.755. The fourth-order valence-electron chi connectivity index (χ4n) is 4.59. The third-order valence-corrected chi connectivity index (χ3v) is 7.85. The molecular weight excluding hydrogens is 388 g/mol. The maximum Gasteiger partial charge on any atom is 0.264 e. The lowest BCUT2D eigenvalue weighted by molar-refractivity contribution is -0.120. The van der Waals surface area contributed by atoms with E-state index in [1.807, 2.05) is 0 Å². The number of ether oxygens (including phenoxy) is 1. The van der Waals surface area contributed by atoms with E-state index in [1.165, 1.54) is 17.1 Å². The fraction of sp³-hybridized carbons (Fsp3) is 0.409. The fourth-order valence-corrected chi connectivity index (χ4v) is 6.03. The molecule has 2 saturated carbocycles. The lowest BCUT2D eigenvalue weighted by atomic mass is 9.95. The maximum absolute atomic E-state index is 13.3. The molecule has 2 aliphatic carbocycles. The average Bonchev–Trinajstić information content (AvgIpc) is 3.36. The summed E-state index contributed by atoms with van der Waals surface area (Å²) in [4.78, 5) is 13.0. The van der Waals surface area contributed by atoms with Gasteiger partial charge in [-0.25, -0.2) is 8.42 Å². The van der Waals surface area contributed by atoms with Gasteiger partial charge in [0, 0.05) is 6.04 Å². The van der Waals surface area contributed by atoms with Crippen LogP contribution in [0.25, 0.3) is 0 Å². The van der Waals surface area contributed by atoms with E-state index >= 15 is 0 Å². The van der Waals surface area contributed by atoms with Crippen LogP contribution >= 0.6 is 0 Å². The van der Waals surface area contributed by atoms with Crippen LogP contribution < -0.4 is 14.4 Å². The first kappa shape index (κ1) is 19.8. The van der Waals surface area contributed by atoms with Crippen molar-refractivity contribution in [2.24, 2.45) is 11.8 Å². The van der Waals surface area contributed by atoms with Crippen LogP contribution in [0.1, 0.15) is 25.7 Å². The van der Waals surface area contributed by atoms with Gasteiger partial charge in [-0.15, -0.1) is 0 Å². The Hall–Kier alpha value is -2.54. The Labute approximate surface area is 171 Å². The number of hydrogen-bond donors (Lipinski definition) is 1. The highest BCUT2D eigenvalue weighted by Gasteiger charge is 2.40. The molecule has 0 aliphatic heterocycles. The molecule has 29 heavy (non-hydrogen) atoms. The lowest BCUT2D eigenvalue weighted by Crippen LogP contribution is -2.45. The van der Waals surface area contributed by atoms with Crippen LogP contribution in [0.3, 0.4) is 0 Å². The van der Waals surface area contributed by atoms with Gasteiger partial charge in [-0.2, -0.15) is 0 Å². The molecule has 0 saturated heterocycles. The molecule has 2 fully saturated rings. The van der Waals surface area contributed by atoms with Gasteiger partial charge in [0.2, 0.25) is 5.91 Å². The van der Waals surface area contributed by atoms with Gasteiger partial charge in [0.15, 0.2) is 0 Å². The number of sulfonamides is 1. The topological polar surface area (TPSA) is 75.7 Å². The first-order valence-corrected chi connectivity index (χ1v) is 11.4. The molecule has 2 aliphatic rings. The minimum atomic E-state index is -3.88. The predicted molar refractivity (Wildman–Crippen MR) is 111 cm³/mol. The summed E-state index contributed by atoms with van der Waals surface area (Å²) >= 11 is 0. The Morgan fingerprint density at radius 2 is 1.79 bits per heavy atom. The van der Waals surface area contributed by atoms with Crippen LogP contribution in [-0.2, 0) is 14.8 Å². The van der Waals surface area contributed by atoms with Gasteiger partial charge in [-0.05, 0) is 67.5 Å². The van der Waals surface area contributed by atoms with Crippen LogP contribution in [0.4, 0.5) is 5.69 Å². The minimum absolute atomic E-state index is 0.156. The summed E-state index contributed by atoms with van der Waals surface area (Å²) in [6, 6.07) is 15.1. The van der Waals surface area contributed by atoms with Crippen molar-refractivity contribution in [2.45, 2.75) is 36.6 Å². The lowest BCUT2D eigenvalue weighted by Gasteiger charge is -2.27. The molecule has 1 N–H and O–H groups in total. The van der Waals surface area contributed by atoms with E-state index in [0.29, 0.717) is 23.3 Å². The number of benzene rings is 2. The number of hydrogen-bond acceptors (Lipinski definition) is 4. The summed E-state index contributed by atoms with van der Waals surface area (Å²) < 4.78 is 32.9. The van der Waals surface area contributed by atoms with Gasteiger partial charge < -0.3 is 10.1 Å². The zero-order valence-corrected chi connectivity index (χ0v) is 17.3. The number of amides is 1. The van der Waals surface area contributed by atoms with E-state index in [9.17, 15) is 13.2 Å². The molecule has 2 aromatic rings. The molecule has 1 amide bonds. The molecular formula is C22H26N2O4S. The van der Waals surface area contributed by atoms with Crippen molar-refractivity contribution in [3.63, 3.8) is 0 Å². The largest absolute Gasteiger partial charge is 0.497 e. The molecule has 3 atom stereocenters. The van der Waals surface area contributed by atoms with Crippen LogP contribution in [-0.4, -0.2) is 34.0 Å². The average molecular weight is 415 g/mol. The third kappa shape index (κ3) is 4.10. The molecule has 4 rings (SSSR count). The molecule has 154 valence electrons. The molecule has 0 heterocycles. The molecule has 2 bridgehead atoms. The van der Waals surface area contributed by atoms with Gasteiger partial charge in [0.1, 0.15) is 12.3 Å². The standard InChI is InChI=1S/C22H26N2O4S/c1-28-19-11-9-18(10-12-19)24(29(26,27)20-5-3-2-4-6-20)15-22(25)23-21-14-16-7-8-17(21)13-16/h2-6,9-12,16-17,21H,7-8,13-15H2,1H3,(H,23,25)/t16-,17-,21-/m1/s1. The second-order valence-electron chi connectivity index (χ2n) is 7.87. The van der Waals surface area contributed by atoms with E-state index in [-0.39, 0.29) is 23.4 Å². The molecule has 0 spiro atoms. The summed E-state index contributed by atoms with van der Waals surface area (Å²) in [5, 5.41) is 3.09. The summed E-state index contributed by atoms with van der Waals surface area (Å²) in [6.07, 6.45) is 4.58. The van der Waals surface area contributed by atoms with Gasteiger partial charge in [0.25, 0.3) is 10.0 Å². The van der Waals surface area contributed by atoms with Crippen molar-refractivity contribution in [1.82, 2.24) is 5.32 Å². The predicted octanol–water partition coefficient (Wildman–Crippen LogP) is 3.20. The Bertz CT molecular complexity index is 960. The molecule has 0 unspecified atom stereocenters. The van der Waals surface area contributed by atoms with Crippen molar-refractivity contribution in [3.8, 4) is 5.75 Å². The monoisotopic (exact) mass is 414 g/mol. The number of anilines is 1. The number of carbonyl (C=O) groups excluding carboxylic acids is 1. The highest BCUT2D eigenvalue weighted by molar-refractivity contribution is 7.92. The molecule has 6 nitrogen and oxygen atoms in total. The van der Waals surface area contributed by atoms with Crippen molar-refractivity contribution in [2.75, 3.05) is 18.0 Å². The van der Waals surface area contributed by atoms with Gasteiger partial charge in [0.05, 0.1) is 17.7 Å². The highest BCUT2D eigenvalue weighted by Crippen LogP contribution is 2.44. The SMILES string of the molecule is COc1ccc(N(CC(=O)N[C@@H]2C[C@@H]3CC[C@@H]2C3)S(=O)(=O)c2ccccc2)cc1. The number of nitrogens with zero attached hydrogens (tertiary/aromatic N) is 1. The Morgan fingerprint density at radius 3 is 2.38 bits per heavy atom. The summed E-state index contributed by atoms with van der Waals surface area (Å²) in [5.74, 6) is 1.59.